The lowest BCUT2D eigenvalue weighted by molar-refractivity contribution is -0.203. The Morgan fingerprint density at radius 1 is 1.32 bits per heavy atom. The first-order valence-corrected chi connectivity index (χ1v) is 6.00. The van der Waals surface area contributed by atoms with Crippen molar-refractivity contribution < 1.29 is 27.9 Å². The first-order valence-electron chi connectivity index (χ1n) is 5.18. The molecule has 8 heteroatoms. The van der Waals surface area contributed by atoms with Crippen molar-refractivity contribution >= 4 is 23.2 Å². The number of hydrogen-bond acceptors (Lipinski definition) is 3. The number of carboxylic acid groups (broad SMARTS) is 1. The van der Waals surface area contributed by atoms with Crippen molar-refractivity contribution in [3.63, 3.8) is 0 Å². The molecule has 1 aromatic heterocycles. The summed E-state index contributed by atoms with van der Waals surface area (Å²) in [5, 5.41) is 10.3. The third-order valence-electron chi connectivity index (χ3n) is 2.64. The van der Waals surface area contributed by atoms with Crippen molar-refractivity contribution in [3.8, 4) is 0 Å². The van der Waals surface area contributed by atoms with Crippen LogP contribution in [0.1, 0.15) is 27.0 Å². The van der Waals surface area contributed by atoms with Gasteiger partial charge >= 0.3 is 12.1 Å². The van der Waals surface area contributed by atoms with Crippen LogP contribution in [-0.2, 0) is 4.79 Å². The summed E-state index contributed by atoms with van der Waals surface area (Å²) >= 11 is 1.25. The van der Waals surface area contributed by atoms with Gasteiger partial charge in [0, 0.05) is 9.75 Å². The summed E-state index contributed by atoms with van der Waals surface area (Å²) in [4.78, 5) is 23.9. The molecular formula is C11H12F3NO3S. The molecule has 0 fully saturated rings. The van der Waals surface area contributed by atoms with Gasteiger partial charge in [0.25, 0.3) is 5.91 Å². The summed E-state index contributed by atoms with van der Waals surface area (Å²) in [6, 6.07) is 1.42. The predicted octanol–water partition coefficient (Wildman–Crippen LogP) is 2.50. The van der Waals surface area contributed by atoms with Gasteiger partial charge in [0.2, 0.25) is 5.54 Å². The van der Waals surface area contributed by atoms with Gasteiger partial charge in [0.15, 0.2) is 0 Å². The molecule has 0 spiro atoms. The molecule has 106 valence electrons. The number of carbonyl (C=O) groups is 2. The van der Waals surface area contributed by atoms with Crippen LogP contribution in [-0.4, -0.2) is 28.7 Å². The Hall–Kier alpha value is -1.57. The minimum absolute atomic E-state index is 0.0548. The van der Waals surface area contributed by atoms with Gasteiger partial charge in [-0.05, 0) is 26.8 Å². The van der Waals surface area contributed by atoms with Crippen LogP contribution in [0.5, 0.6) is 0 Å². The molecule has 0 aromatic carbocycles. The van der Waals surface area contributed by atoms with Crippen molar-refractivity contribution in [2.45, 2.75) is 32.5 Å². The van der Waals surface area contributed by atoms with E-state index in [0.29, 0.717) is 11.8 Å². The molecule has 19 heavy (non-hydrogen) atoms. The number of nitrogens with one attached hydrogen (secondary N) is 1. The number of carboxylic acids is 1. The van der Waals surface area contributed by atoms with Crippen LogP contribution < -0.4 is 5.32 Å². The second-order valence-corrected chi connectivity index (χ2v) is 5.67. The van der Waals surface area contributed by atoms with Gasteiger partial charge in [-0.25, -0.2) is 4.79 Å². The molecular weight excluding hydrogens is 283 g/mol. The average Bonchev–Trinajstić information content (AvgIpc) is 2.55. The van der Waals surface area contributed by atoms with Crippen LogP contribution in [0.3, 0.4) is 0 Å². The lowest BCUT2D eigenvalue weighted by Gasteiger charge is -2.28. The Morgan fingerprint density at radius 3 is 2.16 bits per heavy atom. The van der Waals surface area contributed by atoms with Crippen LogP contribution in [0.2, 0.25) is 0 Å². The first-order chi connectivity index (χ1) is 8.49. The average molecular weight is 295 g/mol. The highest BCUT2D eigenvalue weighted by molar-refractivity contribution is 7.12. The van der Waals surface area contributed by atoms with Gasteiger partial charge in [-0.1, -0.05) is 0 Å². The molecule has 1 amide bonds. The van der Waals surface area contributed by atoms with Gasteiger partial charge in [-0.15, -0.1) is 11.3 Å². The molecule has 0 bridgehead atoms. The predicted molar refractivity (Wildman–Crippen MR) is 63.4 cm³/mol. The van der Waals surface area contributed by atoms with Gasteiger partial charge in [0.05, 0.1) is 5.56 Å². The summed E-state index contributed by atoms with van der Waals surface area (Å²) < 4.78 is 38.2. The highest BCUT2D eigenvalue weighted by Crippen LogP contribution is 2.31. The second kappa shape index (κ2) is 4.84. The lowest BCUT2D eigenvalue weighted by atomic mass is 10.0. The molecule has 1 rings (SSSR count). The van der Waals surface area contributed by atoms with Crippen molar-refractivity contribution in [3.05, 3.63) is 21.4 Å². The molecule has 0 aliphatic rings. The van der Waals surface area contributed by atoms with Crippen LogP contribution >= 0.6 is 11.3 Å². The quantitative estimate of drug-likeness (QED) is 0.900. The fourth-order valence-corrected chi connectivity index (χ4v) is 2.32. The minimum atomic E-state index is -5.09. The summed E-state index contributed by atoms with van der Waals surface area (Å²) in [5.41, 5.74) is -3.26. The molecule has 0 aliphatic carbocycles. The third-order valence-corrected chi connectivity index (χ3v) is 3.61. The third kappa shape index (κ3) is 2.89. The number of aryl methyl sites for hydroxylation is 2. The normalized spacial score (nSPS) is 14.8. The molecule has 1 unspecified atom stereocenters. The molecule has 1 aromatic rings. The van der Waals surface area contributed by atoms with E-state index in [0.717, 1.165) is 4.88 Å². The van der Waals surface area contributed by atoms with Gasteiger partial charge < -0.3 is 10.4 Å². The Balaban J connectivity index is 3.09. The molecule has 0 saturated heterocycles. The summed E-state index contributed by atoms with van der Waals surface area (Å²) in [6.07, 6.45) is -5.09. The minimum Gasteiger partial charge on any atom is -0.479 e. The number of alkyl halides is 3. The van der Waals surface area contributed by atoms with E-state index >= 15 is 0 Å². The van der Waals surface area contributed by atoms with Crippen LogP contribution in [0, 0.1) is 13.8 Å². The van der Waals surface area contributed by atoms with Crippen LogP contribution in [0.25, 0.3) is 0 Å². The van der Waals surface area contributed by atoms with Crippen molar-refractivity contribution in [2.75, 3.05) is 0 Å². The highest BCUT2D eigenvalue weighted by atomic mass is 32.1. The fourth-order valence-electron chi connectivity index (χ4n) is 1.40. The van der Waals surface area contributed by atoms with Crippen molar-refractivity contribution in [2.24, 2.45) is 0 Å². The topological polar surface area (TPSA) is 66.4 Å². The van der Waals surface area contributed by atoms with Gasteiger partial charge in [0.1, 0.15) is 0 Å². The van der Waals surface area contributed by atoms with E-state index in [1.165, 1.54) is 17.4 Å². The van der Waals surface area contributed by atoms with E-state index in [9.17, 15) is 22.8 Å². The number of carbonyl (C=O) groups excluding carboxylic acids is 1. The molecule has 0 radical (unpaired) electrons. The van der Waals surface area contributed by atoms with E-state index in [4.69, 9.17) is 5.11 Å². The van der Waals surface area contributed by atoms with Gasteiger partial charge in [-0.3, -0.25) is 4.79 Å². The Labute approximate surface area is 111 Å². The van der Waals surface area contributed by atoms with E-state index in [1.807, 2.05) is 0 Å². The number of hydrogen-bond donors (Lipinski definition) is 2. The summed E-state index contributed by atoms with van der Waals surface area (Å²) in [7, 11) is 0. The molecule has 0 saturated carbocycles. The number of halogens is 3. The van der Waals surface area contributed by atoms with Crippen molar-refractivity contribution in [1.82, 2.24) is 5.32 Å². The zero-order chi connectivity index (χ0) is 15.0. The van der Waals surface area contributed by atoms with Crippen LogP contribution in [0.4, 0.5) is 13.2 Å². The monoisotopic (exact) mass is 295 g/mol. The molecule has 2 N–H and O–H groups in total. The number of aliphatic carboxylic acids is 1. The lowest BCUT2D eigenvalue weighted by Crippen LogP contribution is -2.61. The SMILES string of the molecule is Cc1cc(C(=O)NC(C)(C(=O)O)C(F)(F)F)c(C)s1. The van der Waals surface area contributed by atoms with E-state index in [2.05, 4.69) is 0 Å². The Bertz CT molecular complexity index is 524. The molecule has 1 atom stereocenters. The first kappa shape index (κ1) is 15.5. The number of thiophene rings is 1. The molecule has 4 nitrogen and oxygen atoms in total. The zero-order valence-corrected chi connectivity index (χ0v) is 11.2. The zero-order valence-electron chi connectivity index (χ0n) is 10.4. The van der Waals surface area contributed by atoms with E-state index < -0.39 is 23.6 Å². The number of amides is 1. The highest BCUT2D eigenvalue weighted by Gasteiger charge is 2.58. The number of rotatable bonds is 3. The second-order valence-electron chi connectivity index (χ2n) is 4.21. The molecule has 1 heterocycles. The maximum absolute atomic E-state index is 12.7. The van der Waals surface area contributed by atoms with E-state index in [-0.39, 0.29) is 5.56 Å². The standard InChI is InChI=1S/C11H12F3NO3S/c1-5-4-7(6(2)19-5)8(16)15-10(3,9(17)18)11(12,13)14/h4H,1-3H3,(H,15,16)(H,17,18). The Morgan fingerprint density at radius 2 is 1.84 bits per heavy atom. The fraction of sp³-hybridized carbons (Fsp3) is 0.455. The van der Waals surface area contributed by atoms with Gasteiger partial charge in [-0.2, -0.15) is 13.2 Å². The smallest absolute Gasteiger partial charge is 0.422 e. The molecule has 0 aliphatic heterocycles. The largest absolute Gasteiger partial charge is 0.479 e. The van der Waals surface area contributed by atoms with Crippen molar-refractivity contribution in [1.29, 1.82) is 0 Å². The summed E-state index contributed by atoms with van der Waals surface area (Å²) in [5.74, 6) is -3.21. The van der Waals surface area contributed by atoms with Crippen LogP contribution in [0.15, 0.2) is 6.07 Å². The Kier molecular flexibility index (Phi) is 3.94. The maximum Gasteiger partial charge on any atom is 0.422 e. The maximum atomic E-state index is 12.7. The van der Waals surface area contributed by atoms with E-state index in [1.54, 1.807) is 19.2 Å². The summed E-state index contributed by atoms with van der Waals surface area (Å²) in [6.45, 7) is 3.70.